The standard InChI is InChI=1S/C17H19N3O2/c1-11-6-4-5-9-20(11)10-14-18-15-12-7-2-3-8-13(12)22-16(15)17(21)19-14/h2-3,7-8,11H,4-6,9-10H2,1H3,(H,18,19,21)/t11-/m0/s1. The number of piperidine rings is 1. The highest BCUT2D eigenvalue weighted by Crippen LogP contribution is 2.25. The average Bonchev–Trinajstić information content (AvgIpc) is 2.89. The number of H-pyrrole nitrogens is 1. The Labute approximate surface area is 127 Å². The van der Waals surface area contributed by atoms with E-state index in [1.54, 1.807) is 0 Å². The van der Waals surface area contributed by atoms with Crippen LogP contribution in [0, 0.1) is 0 Å². The minimum absolute atomic E-state index is 0.194. The zero-order chi connectivity index (χ0) is 15.1. The van der Waals surface area contributed by atoms with E-state index >= 15 is 0 Å². The minimum Gasteiger partial charge on any atom is -0.449 e. The molecule has 114 valence electrons. The van der Waals surface area contributed by atoms with Gasteiger partial charge in [0.05, 0.1) is 6.54 Å². The molecule has 3 aromatic rings. The summed E-state index contributed by atoms with van der Waals surface area (Å²) in [4.78, 5) is 22.2. The van der Waals surface area contributed by atoms with Gasteiger partial charge in [-0.1, -0.05) is 18.6 Å². The van der Waals surface area contributed by atoms with Crippen molar-refractivity contribution < 1.29 is 4.42 Å². The molecule has 0 aliphatic carbocycles. The molecule has 1 fully saturated rings. The van der Waals surface area contributed by atoms with Gasteiger partial charge in [-0.15, -0.1) is 0 Å². The fourth-order valence-electron chi connectivity index (χ4n) is 3.31. The fraction of sp³-hybridized carbons (Fsp3) is 0.412. The Morgan fingerprint density at radius 2 is 2.23 bits per heavy atom. The maximum atomic E-state index is 12.3. The van der Waals surface area contributed by atoms with E-state index in [0.29, 0.717) is 29.3 Å². The van der Waals surface area contributed by atoms with Crippen LogP contribution in [0.5, 0.6) is 0 Å². The molecule has 0 saturated carbocycles. The monoisotopic (exact) mass is 297 g/mol. The van der Waals surface area contributed by atoms with E-state index in [1.807, 2.05) is 24.3 Å². The molecule has 3 heterocycles. The van der Waals surface area contributed by atoms with Gasteiger partial charge in [0, 0.05) is 11.4 Å². The Bertz CT molecular complexity index is 880. The van der Waals surface area contributed by atoms with Crippen molar-refractivity contribution in [3.63, 3.8) is 0 Å². The highest BCUT2D eigenvalue weighted by atomic mass is 16.3. The van der Waals surface area contributed by atoms with Gasteiger partial charge >= 0.3 is 0 Å². The van der Waals surface area contributed by atoms with Crippen molar-refractivity contribution in [3.05, 3.63) is 40.4 Å². The number of hydrogen-bond donors (Lipinski definition) is 1. The van der Waals surface area contributed by atoms with Crippen LogP contribution in [0.2, 0.25) is 0 Å². The summed E-state index contributed by atoms with van der Waals surface area (Å²) in [5, 5.41) is 0.900. The molecule has 4 rings (SSSR count). The van der Waals surface area contributed by atoms with Gasteiger partial charge in [0.15, 0.2) is 0 Å². The number of nitrogens with zero attached hydrogens (tertiary/aromatic N) is 2. The van der Waals surface area contributed by atoms with Crippen LogP contribution in [-0.4, -0.2) is 27.5 Å². The molecule has 1 saturated heterocycles. The molecule has 22 heavy (non-hydrogen) atoms. The van der Waals surface area contributed by atoms with Crippen LogP contribution in [0.4, 0.5) is 0 Å². The van der Waals surface area contributed by atoms with E-state index in [9.17, 15) is 4.79 Å². The lowest BCUT2D eigenvalue weighted by Gasteiger charge is -2.32. The zero-order valence-corrected chi connectivity index (χ0v) is 12.6. The van der Waals surface area contributed by atoms with E-state index in [4.69, 9.17) is 4.42 Å². The van der Waals surface area contributed by atoms with E-state index in [-0.39, 0.29) is 5.56 Å². The number of benzene rings is 1. The summed E-state index contributed by atoms with van der Waals surface area (Å²) in [7, 11) is 0. The highest BCUT2D eigenvalue weighted by Gasteiger charge is 2.20. The van der Waals surface area contributed by atoms with Crippen molar-refractivity contribution >= 4 is 22.1 Å². The number of hydrogen-bond acceptors (Lipinski definition) is 4. The van der Waals surface area contributed by atoms with Gasteiger partial charge in [0.25, 0.3) is 5.56 Å². The molecule has 2 aromatic heterocycles. The number of fused-ring (bicyclic) bond motifs is 3. The molecule has 1 aliphatic rings. The first-order chi connectivity index (χ1) is 10.7. The Morgan fingerprint density at radius 3 is 3.09 bits per heavy atom. The largest absolute Gasteiger partial charge is 0.449 e. The van der Waals surface area contributed by atoms with E-state index in [2.05, 4.69) is 21.8 Å². The molecule has 0 spiro atoms. The lowest BCUT2D eigenvalue weighted by molar-refractivity contribution is 0.149. The Kier molecular flexibility index (Phi) is 3.22. The maximum Gasteiger partial charge on any atom is 0.294 e. The number of para-hydroxylation sites is 1. The van der Waals surface area contributed by atoms with Gasteiger partial charge in [0.1, 0.15) is 16.9 Å². The van der Waals surface area contributed by atoms with Crippen LogP contribution in [0.25, 0.3) is 22.1 Å². The summed E-state index contributed by atoms with van der Waals surface area (Å²) in [6.07, 6.45) is 3.71. The predicted octanol–water partition coefficient (Wildman–Crippen LogP) is 3.04. The Balaban J connectivity index is 1.78. The van der Waals surface area contributed by atoms with Crippen LogP contribution >= 0.6 is 0 Å². The molecule has 1 N–H and O–H groups in total. The highest BCUT2D eigenvalue weighted by molar-refractivity contribution is 6.01. The number of furan rings is 1. The first-order valence-corrected chi connectivity index (χ1v) is 7.87. The summed E-state index contributed by atoms with van der Waals surface area (Å²) in [6.45, 7) is 3.99. The zero-order valence-electron chi connectivity index (χ0n) is 12.6. The van der Waals surface area contributed by atoms with Crippen molar-refractivity contribution in [2.45, 2.75) is 38.8 Å². The number of likely N-dealkylation sites (tertiary alicyclic amines) is 1. The van der Waals surface area contributed by atoms with E-state index in [1.165, 1.54) is 19.3 Å². The van der Waals surface area contributed by atoms with Gasteiger partial charge < -0.3 is 9.40 Å². The van der Waals surface area contributed by atoms with Gasteiger partial charge in [-0.05, 0) is 38.4 Å². The first-order valence-electron chi connectivity index (χ1n) is 7.87. The molecule has 0 unspecified atom stereocenters. The van der Waals surface area contributed by atoms with Gasteiger partial charge in [0.2, 0.25) is 5.58 Å². The predicted molar refractivity (Wildman–Crippen MR) is 85.9 cm³/mol. The number of aromatic amines is 1. The summed E-state index contributed by atoms with van der Waals surface area (Å²) in [5.74, 6) is 0.720. The lowest BCUT2D eigenvalue weighted by Crippen LogP contribution is -2.37. The molecule has 1 aromatic carbocycles. The third kappa shape index (κ3) is 2.22. The van der Waals surface area contributed by atoms with Crippen molar-refractivity contribution in [2.75, 3.05) is 6.54 Å². The summed E-state index contributed by atoms with van der Waals surface area (Å²) in [6, 6.07) is 8.18. The smallest absolute Gasteiger partial charge is 0.294 e. The molecule has 5 nitrogen and oxygen atoms in total. The van der Waals surface area contributed by atoms with Gasteiger partial charge in [-0.25, -0.2) is 4.98 Å². The third-order valence-electron chi connectivity index (χ3n) is 4.57. The number of aromatic nitrogens is 2. The molecule has 1 aliphatic heterocycles. The molecule has 5 heteroatoms. The summed E-state index contributed by atoms with van der Waals surface area (Å²) in [5.41, 5.74) is 1.50. The van der Waals surface area contributed by atoms with Crippen molar-refractivity contribution in [1.29, 1.82) is 0 Å². The van der Waals surface area contributed by atoms with Crippen molar-refractivity contribution in [3.8, 4) is 0 Å². The topological polar surface area (TPSA) is 62.1 Å². The molecule has 0 radical (unpaired) electrons. The van der Waals surface area contributed by atoms with Crippen LogP contribution in [0.1, 0.15) is 32.0 Å². The summed E-state index contributed by atoms with van der Waals surface area (Å²) >= 11 is 0. The lowest BCUT2D eigenvalue weighted by atomic mass is 10.0. The molecule has 0 bridgehead atoms. The second-order valence-electron chi connectivity index (χ2n) is 6.10. The quantitative estimate of drug-likeness (QED) is 0.789. The minimum atomic E-state index is -0.194. The van der Waals surface area contributed by atoms with Gasteiger partial charge in [-0.3, -0.25) is 9.69 Å². The van der Waals surface area contributed by atoms with E-state index < -0.39 is 0 Å². The maximum absolute atomic E-state index is 12.3. The van der Waals surface area contributed by atoms with Gasteiger partial charge in [-0.2, -0.15) is 0 Å². The van der Waals surface area contributed by atoms with Crippen LogP contribution in [0.15, 0.2) is 33.5 Å². The summed E-state index contributed by atoms with van der Waals surface area (Å²) < 4.78 is 5.63. The average molecular weight is 297 g/mol. The number of rotatable bonds is 2. The molecular formula is C17H19N3O2. The molecular weight excluding hydrogens is 278 g/mol. The molecule has 1 atom stereocenters. The Hall–Kier alpha value is -2.14. The second kappa shape index (κ2) is 5.25. The van der Waals surface area contributed by atoms with Crippen LogP contribution in [-0.2, 0) is 6.54 Å². The second-order valence-corrected chi connectivity index (χ2v) is 6.10. The van der Waals surface area contributed by atoms with E-state index in [0.717, 1.165) is 17.8 Å². The first kappa shape index (κ1) is 13.5. The SMILES string of the molecule is C[C@H]1CCCCN1Cc1nc2c(oc3ccccc32)c(=O)[nH]1. The Morgan fingerprint density at radius 1 is 1.36 bits per heavy atom. The van der Waals surface area contributed by atoms with Crippen LogP contribution in [0.3, 0.4) is 0 Å². The third-order valence-corrected chi connectivity index (χ3v) is 4.57. The van der Waals surface area contributed by atoms with Crippen LogP contribution < -0.4 is 5.56 Å². The fourth-order valence-corrected chi connectivity index (χ4v) is 3.31. The number of nitrogens with one attached hydrogen (secondary N) is 1. The van der Waals surface area contributed by atoms with Crippen molar-refractivity contribution in [1.82, 2.24) is 14.9 Å². The van der Waals surface area contributed by atoms with Crippen molar-refractivity contribution in [2.24, 2.45) is 0 Å². The molecule has 0 amide bonds. The normalized spacial score (nSPS) is 20.0.